The summed E-state index contributed by atoms with van der Waals surface area (Å²) >= 11 is 0. The molecule has 0 bridgehead atoms. The molecule has 0 aromatic heterocycles. The molecular formula is C6H9NO2. The van der Waals surface area contributed by atoms with Gasteiger partial charge in [-0.1, -0.05) is 0 Å². The molecule has 0 radical (unpaired) electrons. The number of ether oxygens (including phenoxy) is 1. The van der Waals surface area contributed by atoms with Crippen molar-refractivity contribution in [3.8, 4) is 0 Å². The van der Waals surface area contributed by atoms with Crippen molar-refractivity contribution in [1.29, 1.82) is 0 Å². The first-order valence-corrected chi connectivity index (χ1v) is 3.12. The molecule has 0 aromatic carbocycles. The van der Waals surface area contributed by atoms with E-state index in [9.17, 15) is 4.79 Å². The molecule has 1 fully saturated rings. The van der Waals surface area contributed by atoms with E-state index in [0.717, 1.165) is 25.9 Å². The van der Waals surface area contributed by atoms with Crippen LogP contribution in [0.3, 0.4) is 0 Å². The lowest BCUT2D eigenvalue weighted by Crippen LogP contribution is -2.15. The van der Waals surface area contributed by atoms with Crippen LogP contribution in [0.5, 0.6) is 0 Å². The number of carbonyl (C=O) groups excluding carboxylic acids is 1. The summed E-state index contributed by atoms with van der Waals surface area (Å²) in [6.45, 7) is 0.732. The maximum Gasteiger partial charge on any atom is 0.237 e. The molecule has 1 aliphatic rings. The van der Waals surface area contributed by atoms with Gasteiger partial charge in [-0.3, -0.25) is 0 Å². The van der Waals surface area contributed by atoms with E-state index in [2.05, 4.69) is 4.99 Å². The Labute approximate surface area is 53.7 Å². The Morgan fingerprint density at radius 1 is 1.56 bits per heavy atom. The van der Waals surface area contributed by atoms with Crippen molar-refractivity contribution >= 4 is 6.08 Å². The highest BCUT2D eigenvalue weighted by Gasteiger charge is 2.10. The Morgan fingerprint density at radius 2 is 2.44 bits per heavy atom. The van der Waals surface area contributed by atoms with Crippen LogP contribution in [0.25, 0.3) is 0 Å². The van der Waals surface area contributed by atoms with Gasteiger partial charge in [0.15, 0.2) is 6.23 Å². The predicted molar refractivity (Wildman–Crippen MR) is 31.7 cm³/mol. The Bertz CT molecular complexity index is 123. The number of nitrogens with zero attached hydrogens (tertiary/aromatic N) is 1. The summed E-state index contributed by atoms with van der Waals surface area (Å²) < 4.78 is 5.09. The summed E-state index contributed by atoms with van der Waals surface area (Å²) in [6.07, 6.45) is 4.35. The fraction of sp³-hybridized carbons (Fsp3) is 0.833. The molecule has 3 heteroatoms. The summed E-state index contributed by atoms with van der Waals surface area (Å²) in [7, 11) is 0. The zero-order chi connectivity index (χ0) is 6.53. The zero-order valence-electron chi connectivity index (χ0n) is 5.17. The van der Waals surface area contributed by atoms with Crippen molar-refractivity contribution in [2.75, 3.05) is 6.61 Å². The Hall–Kier alpha value is -0.660. The second-order valence-corrected chi connectivity index (χ2v) is 2.04. The van der Waals surface area contributed by atoms with E-state index in [4.69, 9.17) is 4.74 Å². The maximum absolute atomic E-state index is 9.70. The van der Waals surface area contributed by atoms with Crippen LogP contribution in [0, 0.1) is 0 Å². The molecule has 0 amide bonds. The molecule has 0 spiro atoms. The van der Waals surface area contributed by atoms with Crippen molar-refractivity contribution in [2.24, 2.45) is 4.99 Å². The topological polar surface area (TPSA) is 38.7 Å². The smallest absolute Gasteiger partial charge is 0.237 e. The minimum Gasteiger partial charge on any atom is -0.356 e. The van der Waals surface area contributed by atoms with Gasteiger partial charge in [0.05, 0.1) is 0 Å². The highest BCUT2D eigenvalue weighted by atomic mass is 16.5. The van der Waals surface area contributed by atoms with E-state index in [0.29, 0.717) is 0 Å². The third-order valence-electron chi connectivity index (χ3n) is 1.35. The third-order valence-corrected chi connectivity index (χ3v) is 1.35. The summed E-state index contributed by atoms with van der Waals surface area (Å²) in [5.41, 5.74) is 0. The summed E-state index contributed by atoms with van der Waals surface area (Å²) in [5.74, 6) is 0. The van der Waals surface area contributed by atoms with Gasteiger partial charge in [-0.15, -0.1) is 0 Å². The van der Waals surface area contributed by atoms with E-state index in [1.807, 2.05) is 0 Å². The second-order valence-electron chi connectivity index (χ2n) is 2.04. The highest BCUT2D eigenvalue weighted by molar-refractivity contribution is 5.33. The van der Waals surface area contributed by atoms with Gasteiger partial charge in [0.1, 0.15) is 0 Å². The van der Waals surface area contributed by atoms with E-state index in [1.165, 1.54) is 6.08 Å². The highest BCUT2D eigenvalue weighted by Crippen LogP contribution is 2.12. The van der Waals surface area contributed by atoms with Crippen LogP contribution in [-0.4, -0.2) is 18.9 Å². The lowest BCUT2D eigenvalue weighted by atomic mass is 10.2. The maximum atomic E-state index is 9.70. The number of hydrogen-bond donors (Lipinski definition) is 0. The van der Waals surface area contributed by atoms with Crippen molar-refractivity contribution in [3.63, 3.8) is 0 Å². The number of rotatable bonds is 1. The quantitative estimate of drug-likeness (QED) is 0.387. The van der Waals surface area contributed by atoms with Crippen LogP contribution in [0.1, 0.15) is 19.3 Å². The Kier molecular flexibility index (Phi) is 2.43. The Balaban J connectivity index is 2.31. The van der Waals surface area contributed by atoms with E-state index >= 15 is 0 Å². The van der Waals surface area contributed by atoms with Crippen LogP contribution in [0.4, 0.5) is 0 Å². The molecule has 1 atom stereocenters. The van der Waals surface area contributed by atoms with Crippen molar-refractivity contribution in [3.05, 3.63) is 0 Å². The van der Waals surface area contributed by atoms with Crippen molar-refractivity contribution in [1.82, 2.24) is 0 Å². The lowest BCUT2D eigenvalue weighted by Gasteiger charge is -2.16. The first kappa shape index (κ1) is 6.46. The average Bonchev–Trinajstić information content (AvgIpc) is 1.91. The fourth-order valence-electron chi connectivity index (χ4n) is 0.884. The summed E-state index contributed by atoms with van der Waals surface area (Å²) in [6, 6.07) is 0. The van der Waals surface area contributed by atoms with Gasteiger partial charge >= 0.3 is 0 Å². The molecule has 9 heavy (non-hydrogen) atoms. The molecule has 0 saturated carbocycles. The third kappa shape index (κ3) is 1.96. The van der Waals surface area contributed by atoms with Gasteiger partial charge in [-0.25, -0.2) is 4.79 Å². The van der Waals surface area contributed by atoms with Crippen molar-refractivity contribution < 1.29 is 9.53 Å². The van der Waals surface area contributed by atoms with Gasteiger partial charge in [-0.05, 0) is 19.3 Å². The molecule has 1 heterocycles. The van der Waals surface area contributed by atoms with E-state index in [-0.39, 0.29) is 6.23 Å². The van der Waals surface area contributed by atoms with Gasteiger partial charge in [0.2, 0.25) is 6.08 Å². The van der Waals surface area contributed by atoms with Crippen LogP contribution in [0.15, 0.2) is 4.99 Å². The first-order chi connectivity index (χ1) is 4.43. The van der Waals surface area contributed by atoms with Gasteiger partial charge in [0.25, 0.3) is 0 Å². The predicted octanol–water partition coefficient (Wildman–Crippen LogP) is 0.849. The number of hydrogen-bond acceptors (Lipinski definition) is 3. The van der Waals surface area contributed by atoms with Crippen LogP contribution in [-0.2, 0) is 9.53 Å². The molecule has 0 aliphatic carbocycles. The molecule has 3 nitrogen and oxygen atoms in total. The SMILES string of the molecule is O=C=N[C@@H]1CCCCO1. The summed E-state index contributed by atoms with van der Waals surface area (Å²) in [5, 5.41) is 0. The zero-order valence-corrected chi connectivity index (χ0v) is 5.17. The lowest BCUT2D eigenvalue weighted by molar-refractivity contribution is 0.0223. The van der Waals surface area contributed by atoms with Crippen LogP contribution in [0.2, 0.25) is 0 Å². The van der Waals surface area contributed by atoms with Crippen LogP contribution >= 0.6 is 0 Å². The molecular weight excluding hydrogens is 118 g/mol. The largest absolute Gasteiger partial charge is 0.356 e. The van der Waals surface area contributed by atoms with Crippen molar-refractivity contribution in [2.45, 2.75) is 25.5 Å². The molecule has 50 valence electrons. The molecule has 0 unspecified atom stereocenters. The van der Waals surface area contributed by atoms with E-state index < -0.39 is 0 Å². The molecule has 1 rings (SSSR count). The van der Waals surface area contributed by atoms with Gasteiger partial charge in [-0.2, -0.15) is 4.99 Å². The second kappa shape index (κ2) is 3.38. The van der Waals surface area contributed by atoms with Crippen LogP contribution < -0.4 is 0 Å². The average molecular weight is 127 g/mol. The fourth-order valence-corrected chi connectivity index (χ4v) is 0.884. The van der Waals surface area contributed by atoms with Gasteiger partial charge in [0, 0.05) is 6.61 Å². The number of isocyanates is 1. The molecule has 1 aliphatic heterocycles. The standard InChI is InChI=1S/C6H9NO2/c8-5-7-6-3-1-2-4-9-6/h6H,1-4H2/t6-/m0/s1. The molecule has 0 aromatic rings. The molecule has 1 saturated heterocycles. The summed E-state index contributed by atoms with van der Waals surface area (Å²) in [4.78, 5) is 13.2. The van der Waals surface area contributed by atoms with E-state index in [1.54, 1.807) is 0 Å². The first-order valence-electron chi connectivity index (χ1n) is 3.12. The van der Waals surface area contributed by atoms with Gasteiger partial charge < -0.3 is 4.74 Å². The Morgan fingerprint density at radius 3 is 3.00 bits per heavy atom. The molecule has 0 N–H and O–H groups in total. The normalized spacial score (nSPS) is 26.9. The minimum atomic E-state index is -0.198. The monoisotopic (exact) mass is 127 g/mol. The number of aliphatic imine (C=N–C) groups is 1. The minimum absolute atomic E-state index is 0.198.